The van der Waals surface area contributed by atoms with Crippen LogP contribution in [-0.4, -0.2) is 40.6 Å². The van der Waals surface area contributed by atoms with Crippen molar-refractivity contribution in [2.24, 2.45) is 0 Å². The van der Waals surface area contributed by atoms with Crippen molar-refractivity contribution in [1.82, 2.24) is 20.4 Å². The molecule has 6 nitrogen and oxygen atoms in total. The van der Waals surface area contributed by atoms with Crippen molar-refractivity contribution in [2.45, 2.75) is 32.2 Å². The van der Waals surface area contributed by atoms with Gasteiger partial charge in [0.2, 0.25) is 11.8 Å². The minimum absolute atomic E-state index is 0.0239. The molecule has 1 amide bonds. The number of nitrogens with one attached hydrogen (secondary N) is 1. The van der Waals surface area contributed by atoms with Crippen LogP contribution in [0.25, 0.3) is 0 Å². The van der Waals surface area contributed by atoms with Crippen LogP contribution in [0.2, 0.25) is 0 Å². The van der Waals surface area contributed by atoms with E-state index in [4.69, 9.17) is 4.52 Å². The van der Waals surface area contributed by atoms with Gasteiger partial charge in [-0.2, -0.15) is 4.98 Å². The summed E-state index contributed by atoms with van der Waals surface area (Å²) in [4.78, 5) is 18.5. The van der Waals surface area contributed by atoms with Crippen LogP contribution in [0.15, 0.2) is 28.8 Å². The number of rotatable bonds is 6. The molecule has 24 heavy (non-hydrogen) atoms. The first-order valence-electron chi connectivity index (χ1n) is 8.17. The van der Waals surface area contributed by atoms with Gasteiger partial charge in [-0.15, -0.1) is 0 Å². The number of aryl methyl sites for hydroxylation is 1. The monoisotopic (exact) mass is 332 g/mol. The van der Waals surface area contributed by atoms with Crippen molar-refractivity contribution in [3.63, 3.8) is 0 Å². The molecule has 1 unspecified atom stereocenters. The molecule has 0 radical (unpaired) electrons. The third-order valence-electron chi connectivity index (χ3n) is 4.20. The van der Waals surface area contributed by atoms with E-state index >= 15 is 0 Å². The Morgan fingerprint density at radius 1 is 1.42 bits per heavy atom. The van der Waals surface area contributed by atoms with Gasteiger partial charge in [0, 0.05) is 13.5 Å². The molecule has 0 saturated carbocycles. The zero-order valence-electron chi connectivity index (χ0n) is 13.7. The number of hydrogen-bond acceptors (Lipinski definition) is 5. The lowest BCUT2D eigenvalue weighted by atomic mass is 10.1. The van der Waals surface area contributed by atoms with E-state index in [-0.39, 0.29) is 17.8 Å². The molecule has 1 aromatic carbocycles. The third kappa shape index (κ3) is 4.17. The quantitative estimate of drug-likeness (QED) is 0.876. The molecule has 0 spiro atoms. The molecule has 1 aliphatic rings. The van der Waals surface area contributed by atoms with Gasteiger partial charge in [0.05, 0.1) is 12.6 Å². The topological polar surface area (TPSA) is 71.3 Å². The number of aromatic nitrogens is 2. The van der Waals surface area contributed by atoms with Gasteiger partial charge < -0.3 is 9.84 Å². The van der Waals surface area contributed by atoms with E-state index in [1.807, 2.05) is 0 Å². The van der Waals surface area contributed by atoms with Gasteiger partial charge in [-0.05, 0) is 43.5 Å². The summed E-state index contributed by atoms with van der Waals surface area (Å²) < 4.78 is 17.9. The van der Waals surface area contributed by atoms with Crippen molar-refractivity contribution in [3.8, 4) is 0 Å². The average Bonchev–Trinajstić information content (AvgIpc) is 3.18. The van der Waals surface area contributed by atoms with Gasteiger partial charge >= 0.3 is 0 Å². The SMILES string of the molecule is Cc1nc(C2CCCN2CC(=O)NCCc2ccc(F)cc2)no1. The minimum atomic E-state index is -0.250. The Morgan fingerprint density at radius 3 is 2.92 bits per heavy atom. The largest absolute Gasteiger partial charge is 0.355 e. The number of amides is 1. The first-order valence-corrected chi connectivity index (χ1v) is 8.17. The lowest BCUT2D eigenvalue weighted by Crippen LogP contribution is -2.38. The van der Waals surface area contributed by atoms with Crippen LogP contribution in [0, 0.1) is 12.7 Å². The Bertz CT molecular complexity index is 686. The van der Waals surface area contributed by atoms with Crippen molar-refractivity contribution >= 4 is 5.91 Å². The lowest BCUT2D eigenvalue weighted by Gasteiger charge is -2.21. The molecule has 0 aliphatic carbocycles. The maximum absolute atomic E-state index is 12.9. The molecule has 1 atom stereocenters. The molecule has 1 N–H and O–H groups in total. The fourth-order valence-corrected chi connectivity index (χ4v) is 3.00. The summed E-state index contributed by atoms with van der Waals surface area (Å²) in [6.45, 7) is 3.47. The summed E-state index contributed by atoms with van der Waals surface area (Å²) in [6, 6.07) is 6.37. The summed E-state index contributed by atoms with van der Waals surface area (Å²) in [5.41, 5.74) is 0.998. The van der Waals surface area contributed by atoms with Crippen molar-refractivity contribution in [3.05, 3.63) is 47.4 Å². The average molecular weight is 332 g/mol. The summed E-state index contributed by atoms with van der Waals surface area (Å²) in [5, 5.41) is 6.89. The minimum Gasteiger partial charge on any atom is -0.355 e. The molecular formula is C17H21FN4O2. The van der Waals surface area contributed by atoms with Crippen LogP contribution in [-0.2, 0) is 11.2 Å². The van der Waals surface area contributed by atoms with E-state index in [1.165, 1.54) is 12.1 Å². The van der Waals surface area contributed by atoms with Gasteiger partial charge in [-0.1, -0.05) is 17.3 Å². The molecule has 1 aromatic heterocycles. The van der Waals surface area contributed by atoms with Gasteiger partial charge in [-0.3, -0.25) is 9.69 Å². The highest BCUT2D eigenvalue weighted by molar-refractivity contribution is 5.78. The van der Waals surface area contributed by atoms with E-state index in [1.54, 1.807) is 19.1 Å². The second-order valence-electron chi connectivity index (χ2n) is 6.03. The van der Waals surface area contributed by atoms with Crippen LogP contribution in [0.5, 0.6) is 0 Å². The van der Waals surface area contributed by atoms with E-state index in [2.05, 4.69) is 20.4 Å². The highest BCUT2D eigenvalue weighted by atomic mass is 19.1. The third-order valence-corrected chi connectivity index (χ3v) is 4.20. The number of carbonyl (C=O) groups excluding carboxylic acids is 1. The number of hydrogen-bond donors (Lipinski definition) is 1. The van der Waals surface area contributed by atoms with Crippen LogP contribution in [0.3, 0.4) is 0 Å². The van der Waals surface area contributed by atoms with Crippen LogP contribution < -0.4 is 5.32 Å². The molecule has 7 heteroatoms. The van der Waals surface area contributed by atoms with Gasteiger partial charge in [-0.25, -0.2) is 4.39 Å². The summed E-state index contributed by atoms with van der Waals surface area (Å²) in [6.07, 6.45) is 2.63. The normalized spacial score (nSPS) is 18.0. The zero-order chi connectivity index (χ0) is 16.9. The van der Waals surface area contributed by atoms with Gasteiger partial charge in [0.25, 0.3) is 0 Å². The summed E-state index contributed by atoms with van der Waals surface area (Å²) in [7, 11) is 0. The first-order chi connectivity index (χ1) is 11.6. The molecule has 1 aliphatic heterocycles. The van der Waals surface area contributed by atoms with Gasteiger partial charge in [0.1, 0.15) is 5.82 Å². The smallest absolute Gasteiger partial charge is 0.234 e. The number of benzene rings is 1. The summed E-state index contributed by atoms with van der Waals surface area (Å²) >= 11 is 0. The van der Waals surface area contributed by atoms with E-state index < -0.39 is 0 Å². The molecule has 2 heterocycles. The predicted octanol–water partition coefficient (Wildman–Crippen LogP) is 2.01. The van der Waals surface area contributed by atoms with Crippen molar-refractivity contribution < 1.29 is 13.7 Å². The number of carbonyl (C=O) groups is 1. The zero-order valence-corrected chi connectivity index (χ0v) is 13.7. The predicted molar refractivity (Wildman–Crippen MR) is 85.7 cm³/mol. The standard InChI is InChI=1S/C17H21FN4O2/c1-12-20-17(21-24-12)15-3-2-10-22(15)11-16(23)19-9-8-13-4-6-14(18)7-5-13/h4-7,15H,2-3,8-11H2,1H3,(H,19,23). The van der Waals surface area contributed by atoms with Crippen LogP contribution in [0.1, 0.15) is 36.2 Å². The second-order valence-corrected chi connectivity index (χ2v) is 6.03. The fourth-order valence-electron chi connectivity index (χ4n) is 3.00. The Labute approximate surface area is 140 Å². The van der Waals surface area contributed by atoms with Crippen LogP contribution >= 0.6 is 0 Å². The second kappa shape index (κ2) is 7.53. The van der Waals surface area contributed by atoms with E-state index in [0.717, 1.165) is 24.9 Å². The Hall–Kier alpha value is -2.28. The van der Waals surface area contributed by atoms with Gasteiger partial charge in [0.15, 0.2) is 5.82 Å². The number of likely N-dealkylation sites (tertiary alicyclic amines) is 1. The number of nitrogens with zero attached hydrogens (tertiary/aromatic N) is 3. The maximum atomic E-state index is 12.9. The number of halogens is 1. The molecule has 128 valence electrons. The summed E-state index contributed by atoms with van der Waals surface area (Å²) in [5.74, 6) is 0.925. The highest BCUT2D eigenvalue weighted by Crippen LogP contribution is 2.29. The van der Waals surface area contributed by atoms with Crippen molar-refractivity contribution in [1.29, 1.82) is 0 Å². The Kier molecular flexibility index (Phi) is 5.20. The maximum Gasteiger partial charge on any atom is 0.234 e. The Morgan fingerprint density at radius 2 is 2.21 bits per heavy atom. The van der Waals surface area contributed by atoms with Crippen LogP contribution in [0.4, 0.5) is 4.39 Å². The molecular weight excluding hydrogens is 311 g/mol. The molecule has 1 fully saturated rings. The van der Waals surface area contributed by atoms with Crippen molar-refractivity contribution in [2.75, 3.05) is 19.6 Å². The molecule has 3 rings (SSSR count). The molecule has 1 saturated heterocycles. The van der Waals surface area contributed by atoms with E-state index in [0.29, 0.717) is 31.2 Å². The Balaban J connectivity index is 1.46. The molecule has 0 bridgehead atoms. The lowest BCUT2D eigenvalue weighted by molar-refractivity contribution is -0.122. The van der Waals surface area contributed by atoms with E-state index in [9.17, 15) is 9.18 Å². The molecule has 2 aromatic rings. The fraction of sp³-hybridized carbons (Fsp3) is 0.471. The first kappa shape index (κ1) is 16.6. The highest BCUT2D eigenvalue weighted by Gasteiger charge is 2.30.